The van der Waals surface area contributed by atoms with Gasteiger partial charge in [-0.1, -0.05) is 29.8 Å². The molecule has 0 aromatic heterocycles. The summed E-state index contributed by atoms with van der Waals surface area (Å²) in [5.41, 5.74) is 2.33. The summed E-state index contributed by atoms with van der Waals surface area (Å²) < 4.78 is 33.3. The molecule has 0 saturated carbocycles. The summed E-state index contributed by atoms with van der Waals surface area (Å²) in [4.78, 5) is 12.7. The minimum Gasteiger partial charge on any atom is -0.495 e. The second-order valence-electron chi connectivity index (χ2n) is 6.78. The standard InChI is InChI=1S/C22H19ClN2O4S/c1-29-21-11-10-18(14-19(21)24-22(26)16-6-8-17(23)9-7-16)30(27,28)25-13-12-15-4-2-3-5-20(15)25/h2-11,14H,12-13H2,1H3,(H,24,26). The zero-order valence-corrected chi connectivity index (χ0v) is 17.7. The van der Waals surface area contributed by atoms with Crippen LogP contribution in [-0.4, -0.2) is 28.0 Å². The molecule has 1 aliphatic heterocycles. The van der Waals surface area contributed by atoms with Gasteiger partial charge in [0.25, 0.3) is 15.9 Å². The monoisotopic (exact) mass is 442 g/mol. The van der Waals surface area contributed by atoms with E-state index in [0.717, 1.165) is 5.56 Å². The first-order chi connectivity index (χ1) is 14.4. The van der Waals surface area contributed by atoms with Crippen LogP contribution in [0.25, 0.3) is 0 Å². The van der Waals surface area contributed by atoms with Crippen molar-refractivity contribution in [1.82, 2.24) is 0 Å². The lowest BCUT2D eigenvalue weighted by molar-refractivity contribution is 0.102. The van der Waals surface area contributed by atoms with Crippen LogP contribution in [-0.2, 0) is 16.4 Å². The van der Waals surface area contributed by atoms with Gasteiger partial charge in [-0.15, -0.1) is 0 Å². The average Bonchev–Trinajstić information content (AvgIpc) is 3.19. The van der Waals surface area contributed by atoms with E-state index in [-0.39, 0.29) is 10.6 Å². The van der Waals surface area contributed by atoms with Crippen molar-refractivity contribution in [2.75, 3.05) is 23.3 Å². The number of carbonyl (C=O) groups is 1. The van der Waals surface area contributed by atoms with Crippen LogP contribution in [0.4, 0.5) is 11.4 Å². The Morgan fingerprint density at radius 2 is 1.80 bits per heavy atom. The number of amides is 1. The summed E-state index contributed by atoms with van der Waals surface area (Å²) in [5.74, 6) is -0.0379. The van der Waals surface area contributed by atoms with E-state index in [1.165, 1.54) is 29.6 Å². The normalized spacial score (nSPS) is 13.1. The highest BCUT2D eigenvalue weighted by Gasteiger charge is 2.31. The number of fused-ring (bicyclic) bond motifs is 1. The molecule has 4 rings (SSSR count). The topological polar surface area (TPSA) is 75.7 Å². The van der Waals surface area contributed by atoms with Crippen LogP contribution >= 0.6 is 11.6 Å². The maximum absolute atomic E-state index is 13.3. The summed E-state index contributed by atoms with van der Waals surface area (Å²) in [6, 6.07) is 18.3. The first kappa shape index (κ1) is 20.3. The summed E-state index contributed by atoms with van der Waals surface area (Å²) in [6.07, 6.45) is 0.658. The van der Waals surface area contributed by atoms with Crippen LogP contribution in [0, 0.1) is 0 Å². The van der Waals surface area contributed by atoms with Gasteiger partial charge in [0, 0.05) is 17.1 Å². The van der Waals surface area contributed by atoms with Crippen LogP contribution in [0.2, 0.25) is 5.02 Å². The molecule has 0 aliphatic carbocycles. The number of methoxy groups -OCH3 is 1. The third-order valence-corrected chi connectivity index (χ3v) is 7.02. The third-order valence-electron chi connectivity index (χ3n) is 4.96. The van der Waals surface area contributed by atoms with Crippen molar-refractivity contribution in [3.05, 3.63) is 82.9 Å². The maximum atomic E-state index is 13.3. The van der Waals surface area contributed by atoms with E-state index in [1.807, 2.05) is 18.2 Å². The Balaban J connectivity index is 1.67. The van der Waals surface area contributed by atoms with E-state index in [4.69, 9.17) is 16.3 Å². The molecule has 0 atom stereocenters. The first-order valence-corrected chi connectivity index (χ1v) is 11.1. The number of anilines is 2. The lowest BCUT2D eigenvalue weighted by atomic mass is 10.2. The molecule has 1 N–H and O–H groups in total. The molecule has 3 aromatic carbocycles. The molecule has 1 aliphatic rings. The first-order valence-electron chi connectivity index (χ1n) is 9.26. The van der Waals surface area contributed by atoms with Crippen LogP contribution in [0.5, 0.6) is 5.75 Å². The summed E-state index contributed by atoms with van der Waals surface area (Å²) >= 11 is 5.87. The Labute approximate surface area is 180 Å². The van der Waals surface area contributed by atoms with Gasteiger partial charge in [-0.25, -0.2) is 8.42 Å². The highest BCUT2D eigenvalue weighted by Crippen LogP contribution is 2.35. The fraction of sp³-hybridized carbons (Fsp3) is 0.136. The molecule has 3 aromatic rings. The molecule has 0 saturated heterocycles. The number of benzene rings is 3. The van der Waals surface area contributed by atoms with Crippen molar-refractivity contribution in [3.8, 4) is 5.75 Å². The molecule has 30 heavy (non-hydrogen) atoms. The fourth-order valence-corrected chi connectivity index (χ4v) is 5.08. The van der Waals surface area contributed by atoms with E-state index < -0.39 is 15.9 Å². The van der Waals surface area contributed by atoms with Gasteiger partial charge >= 0.3 is 0 Å². The number of para-hydroxylation sites is 1. The number of hydrogen-bond acceptors (Lipinski definition) is 4. The lowest BCUT2D eigenvalue weighted by Crippen LogP contribution is -2.29. The summed E-state index contributed by atoms with van der Waals surface area (Å²) in [5, 5.41) is 3.25. The molecule has 8 heteroatoms. The Kier molecular flexibility index (Phi) is 5.40. The SMILES string of the molecule is COc1ccc(S(=O)(=O)N2CCc3ccccc32)cc1NC(=O)c1ccc(Cl)cc1. The number of carbonyl (C=O) groups excluding carboxylic acids is 1. The van der Waals surface area contributed by atoms with Gasteiger partial charge in [-0.05, 0) is 60.5 Å². The van der Waals surface area contributed by atoms with Crippen molar-refractivity contribution < 1.29 is 17.9 Å². The van der Waals surface area contributed by atoms with Gasteiger partial charge in [-0.3, -0.25) is 9.10 Å². The zero-order valence-electron chi connectivity index (χ0n) is 16.1. The van der Waals surface area contributed by atoms with Gasteiger partial charge in [0.1, 0.15) is 5.75 Å². The fourth-order valence-electron chi connectivity index (χ4n) is 3.43. The molecule has 1 amide bonds. The second-order valence-corrected chi connectivity index (χ2v) is 9.08. The van der Waals surface area contributed by atoms with Crippen molar-refractivity contribution in [1.29, 1.82) is 0 Å². The number of rotatable bonds is 5. The zero-order chi connectivity index (χ0) is 21.3. The molecule has 0 bridgehead atoms. The van der Waals surface area contributed by atoms with E-state index in [2.05, 4.69) is 5.32 Å². The number of nitrogens with zero attached hydrogens (tertiary/aromatic N) is 1. The summed E-state index contributed by atoms with van der Waals surface area (Å²) in [6.45, 7) is 0.375. The Morgan fingerprint density at radius 3 is 2.53 bits per heavy atom. The Hall–Kier alpha value is -3.03. The van der Waals surface area contributed by atoms with Gasteiger partial charge in [0.05, 0.1) is 23.4 Å². The van der Waals surface area contributed by atoms with Crippen molar-refractivity contribution in [2.24, 2.45) is 0 Å². The van der Waals surface area contributed by atoms with E-state index in [0.29, 0.717) is 35.0 Å². The molecule has 0 radical (unpaired) electrons. The van der Waals surface area contributed by atoms with E-state index >= 15 is 0 Å². The van der Waals surface area contributed by atoms with Crippen molar-refractivity contribution in [2.45, 2.75) is 11.3 Å². The van der Waals surface area contributed by atoms with Gasteiger partial charge in [0.2, 0.25) is 0 Å². The highest BCUT2D eigenvalue weighted by atomic mass is 35.5. The molecule has 0 unspecified atom stereocenters. The summed E-state index contributed by atoms with van der Waals surface area (Å²) in [7, 11) is -2.34. The number of hydrogen-bond donors (Lipinski definition) is 1. The van der Waals surface area contributed by atoms with Crippen molar-refractivity contribution in [3.63, 3.8) is 0 Å². The van der Waals surface area contributed by atoms with Crippen LogP contribution < -0.4 is 14.4 Å². The Morgan fingerprint density at radius 1 is 1.07 bits per heavy atom. The molecule has 6 nitrogen and oxygen atoms in total. The van der Waals surface area contributed by atoms with E-state index in [9.17, 15) is 13.2 Å². The average molecular weight is 443 g/mol. The van der Waals surface area contributed by atoms with E-state index in [1.54, 1.807) is 30.3 Å². The quantitative estimate of drug-likeness (QED) is 0.637. The number of ether oxygens (including phenoxy) is 1. The molecule has 0 fully saturated rings. The minimum absolute atomic E-state index is 0.0754. The predicted octanol–water partition coefficient (Wildman–Crippen LogP) is 4.35. The van der Waals surface area contributed by atoms with Crippen molar-refractivity contribution >= 4 is 38.9 Å². The van der Waals surface area contributed by atoms with Gasteiger partial charge < -0.3 is 10.1 Å². The van der Waals surface area contributed by atoms with Gasteiger partial charge in [-0.2, -0.15) is 0 Å². The lowest BCUT2D eigenvalue weighted by Gasteiger charge is -2.20. The predicted molar refractivity (Wildman–Crippen MR) is 117 cm³/mol. The second kappa shape index (κ2) is 8.01. The minimum atomic E-state index is -3.80. The largest absolute Gasteiger partial charge is 0.495 e. The van der Waals surface area contributed by atoms with Crippen LogP contribution in [0.1, 0.15) is 15.9 Å². The maximum Gasteiger partial charge on any atom is 0.264 e. The number of halogens is 1. The third kappa shape index (κ3) is 3.74. The molecular weight excluding hydrogens is 424 g/mol. The molecule has 154 valence electrons. The highest BCUT2D eigenvalue weighted by molar-refractivity contribution is 7.92. The molecular formula is C22H19ClN2O4S. The number of sulfonamides is 1. The smallest absolute Gasteiger partial charge is 0.264 e. The van der Waals surface area contributed by atoms with Crippen LogP contribution in [0.15, 0.2) is 71.6 Å². The van der Waals surface area contributed by atoms with Crippen LogP contribution in [0.3, 0.4) is 0 Å². The number of nitrogens with one attached hydrogen (secondary N) is 1. The van der Waals surface area contributed by atoms with Gasteiger partial charge in [0.15, 0.2) is 0 Å². The molecule has 1 heterocycles. The Bertz CT molecular complexity index is 1210. The molecule has 0 spiro atoms.